The van der Waals surface area contributed by atoms with Gasteiger partial charge in [-0.3, -0.25) is 9.97 Å². The molecule has 21 heavy (non-hydrogen) atoms. The molecule has 104 valence electrons. The summed E-state index contributed by atoms with van der Waals surface area (Å²) in [6.45, 7) is 0.813. The molecule has 4 heteroatoms. The van der Waals surface area contributed by atoms with Crippen LogP contribution in [-0.2, 0) is 18.1 Å². The highest BCUT2D eigenvalue weighted by molar-refractivity contribution is 7.98. The molecule has 0 saturated carbocycles. The molecule has 0 amide bonds. The summed E-state index contributed by atoms with van der Waals surface area (Å²) in [6.07, 6.45) is 3.67. The Morgan fingerprint density at radius 3 is 2.81 bits per heavy atom. The van der Waals surface area contributed by atoms with Crippen LogP contribution in [0.25, 0.3) is 10.9 Å². The lowest BCUT2D eigenvalue weighted by molar-refractivity contribution is 1.11. The first-order valence-corrected chi connectivity index (χ1v) is 8.18. The lowest BCUT2D eigenvalue weighted by atomic mass is 10.1. The van der Waals surface area contributed by atoms with Crippen LogP contribution < -0.4 is 5.32 Å². The van der Waals surface area contributed by atoms with Crippen molar-refractivity contribution in [1.29, 1.82) is 0 Å². The van der Waals surface area contributed by atoms with Gasteiger partial charge in [-0.1, -0.05) is 18.2 Å². The van der Waals surface area contributed by atoms with Crippen molar-refractivity contribution >= 4 is 28.4 Å². The molecule has 2 aromatic heterocycles. The highest BCUT2D eigenvalue weighted by Gasteiger charge is 2.19. The number of para-hydroxylation sites is 1. The summed E-state index contributed by atoms with van der Waals surface area (Å²) < 4.78 is 0. The molecule has 0 spiro atoms. The number of rotatable bonds is 3. The van der Waals surface area contributed by atoms with Crippen LogP contribution in [0.15, 0.2) is 48.8 Å². The summed E-state index contributed by atoms with van der Waals surface area (Å²) in [5.74, 6) is 2.07. The standard InChI is InChI=1S/C17H15N3S/c1-2-4-15-13(3-1)17(14-10-21-11-16(14)20-15)19-9-12-5-7-18-8-6-12/h1-8H,9-11H2,(H,19,20). The molecule has 1 aliphatic heterocycles. The van der Waals surface area contributed by atoms with Crippen LogP contribution in [0.3, 0.4) is 0 Å². The fourth-order valence-electron chi connectivity index (χ4n) is 2.72. The Balaban J connectivity index is 1.76. The van der Waals surface area contributed by atoms with E-state index in [0.29, 0.717) is 0 Å². The van der Waals surface area contributed by atoms with Crippen molar-refractivity contribution in [2.24, 2.45) is 0 Å². The molecule has 3 aromatic rings. The van der Waals surface area contributed by atoms with E-state index in [1.165, 1.54) is 27.9 Å². The molecule has 1 aromatic carbocycles. The number of thioether (sulfide) groups is 1. The van der Waals surface area contributed by atoms with Gasteiger partial charge in [-0.05, 0) is 23.8 Å². The fourth-order valence-corrected chi connectivity index (χ4v) is 3.77. The Bertz CT molecular complexity index is 787. The van der Waals surface area contributed by atoms with Crippen LogP contribution in [-0.4, -0.2) is 9.97 Å². The molecule has 1 aliphatic rings. The maximum absolute atomic E-state index is 4.80. The van der Waals surface area contributed by atoms with Gasteiger partial charge in [-0.2, -0.15) is 11.8 Å². The van der Waals surface area contributed by atoms with E-state index in [1.807, 2.05) is 36.3 Å². The number of hydrogen-bond donors (Lipinski definition) is 1. The second kappa shape index (κ2) is 5.37. The second-order valence-electron chi connectivity index (χ2n) is 5.13. The van der Waals surface area contributed by atoms with Gasteiger partial charge in [0.2, 0.25) is 0 Å². The minimum atomic E-state index is 0.813. The Morgan fingerprint density at radius 2 is 1.90 bits per heavy atom. The molecular weight excluding hydrogens is 278 g/mol. The number of hydrogen-bond acceptors (Lipinski definition) is 4. The largest absolute Gasteiger partial charge is 0.380 e. The molecule has 4 rings (SSSR count). The zero-order valence-electron chi connectivity index (χ0n) is 11.5. The monoisotopic (exact) mass is 293 g/mol. The van der Waals surface area contributed by atoms with Crippen LogP contribution in [0.4, 0.5) is 5.69 Å². The smallest absolute Gasteiger partial charge is 0.0726 e. The van der Waals surface area contributed by atoms with Gasteiger partial charge in [0.15, 0.2) is 0 Å². The Kier molecular flexibility index (Phi) is 3.24. The van der Waals surface area contributed by atoms with Gasteiger partial charge in [0.05, 0.1) is 11.2 Å². The van der Waals surface area contributed by atoms with Gasteiger partial charge in [-0.15, -0.1) is 0 Å². The van der Waals surface area contributed by atoms with Crippen LogP contribution >= 0.6 is 11.8 Å². The third-order valence-electron chi connectivity index (χ3n) is 3.78. The Morgan fingerprint density at radius 1 is 1.05 bits per heavy atom. The summed E-state index contributed by atoms with van der Waals surface area (Å²) in [4.78, 5) is 8.87. The lowest BCUT2D eigenvalue weighted by Gasteiger charge is -2.14. The van der Waals surface area contributed by atoms with Gasteiger partial charge >= 0.3 is 0 Å². The topological polar surface area (TPSA) is 37.8 Å². The number of nitrogens with one attached hydrogen (secondary N) is 1. The normalized spacial score (nSPS) is 13.3. The molecule has 0 radical (unpaired) electrons. The van der Waals surface area contributed by atoms with Gasteiger partial charge < -0.3 is 5.32 Å². The summed E-state index contributed by atoms with van der Waals surface area (Å²) in [7, 11) is 0. The fraction of sp³-hybridized carbons (Fsp3) is 0.176. The SMILES string of the molecule is c1ccc2c(NCc3ccncc3)c3c(nc2c1)CSC3. The Hall–Kier alpha value is -2.07. The van der Waals surface area contributed by atoms with Gasteiger partial charge in [-0.25, -0.2) is 0 Å². The number of aromatic nitrogens is 2. The zero-order chi connectivity index (χ0) is 14.1. The molecular formula is C17H15N3S. The molecule has 0 atom stereocenters. The van der Waals surface area contributed by atoms with E-state index >= 15 is 0 Å². The highest BCUT2D eigenvalue weighted by atomic mass is 32.2. The quantitative estimate of drug-likeness (QED) is 0.792. The lowest BCUT2D eigenvalue weighted by Crippen LogP contribution is -2.04. The predicted molar refractivity (Wildman–Crippen MR) is 88.3 cm³/mol. The maximum Gasteiger partial charge on any atom is 0.0726 e. The average Bonchev–Trinajstić information content (AvgIpc) is 3.00. The van der Waals surface area contributed by atoms with Gasteiger partial charge in [0.1, 0.15) is 0 Å². The van der Waals surface area contributed by atoms with Crippen LogP contribution in [0, 0.1) is 0 Å². The highest BCUT2D eigenvalue weighted by Crippen LogP contribution is 2.38. The predicted octanol–water partition coefficient (Wildman–Crippen LogP) is 3.99. The molecule has 3 heterocycles. The summed E-state index contributed by atoms with van der Waals surface area (Å²) in [6, 6.07) is 12.5. The van der Waals surface area contributed by atoms with E-state index in [-0.39, 0.29) is 0 Å². The van der Waals surface area contributed by atoms with Crippen LogP contribution in [0.5, 0.6) is 0 Å². The minimum absolute atomic E-state index is 0.813. The third kappa shape index (κ3) is 2.36. The van der Waals surface area contributed by atoms with Crippen LogP contribution in [0.1, 0.15) is 16.8 Å². The summed E-state index contributed by atoms with van der Waals surface area (Å²) in [5, 5.41) is 4.84. The summed E-state index contributed by atoms with van der Waals surface area (Å²) in [5.41, 5.74) is 6.17. The van der Waals surface area contributed by atoms with E-state index in [9.17, 15) is 0 Å². The van der Waals surface area contributed by atoms with E-state index in [0.717, 1.165) is 23.6 Å². The first-order valence-electron chi connectivity index (χ1n) is 7.03. The number of benzene rings is 1. The van der Waals surface area contributed by atoms with Crippen molar-refractivity contribution in [3.05, 3.63) is 65.6 Å². The van der Waals surface area contributed by atoms with E-state index < -0.39 is 0 Å². The zero-order valence-corrected chi connectivity index (χ0v) is 12.4. The van der Waals surface area contributed by atoms with Crippen molar-refractivity contribution < 1.29 is 0 Å². The third-order valence-corrected chi connectivity index (χ3v) is 4.75. The van der Waals surface area contributed by atoms with E-state index in [4.69, 9.17) is 4.98 Å². The van der Waals surface area contributed by atoms with Gasteiger partial charge in [0.25, 0.3) is 0 Å². The van der Waals surface area contributed by atoms with Crippen LogP contribution in [0.2, 0.25) is 0 Å². The number of anilines is 1. The first kappa shape index (κ1) is 12.7. The molecule has 0 bridgehead atoms. The number of fused-ring (bicyclic) bond motifs is 2. The number of pyridine rings is 2. The molecule has 0 aliphatic carbocycles. The average molecular weight is 293 g/mol. The van der Waals surface area contributed by atoms with Crippen molar-refractivity contribution in [2.45, 2.75) is 18.1 Å². The first-order chi connectivity index (χ1) is 10.4. The van der Waals surface area contributed by atoms with E-state index in [2.05, 4.69) is 34.6 Å². The molecule has 1 N–H and O–H groups in total. The van der Waals surface area contributed by atoms with Crippen molar-refractivity contribution in [2.75, 3.05) is 5.32 Å². The Labute approximate surface area is 127 Å². The van der Waals surface area contributed by atoms with Gasteiger partial charge in [0, 0.05) is 47.1 Å². The molecule has 0 unspecified atom stereocenters. The van der Waals surface area contributed by atoms with Crippen molar-refractivity contribution in [3.63, 3.8) is 0 Å². The van der Waals surface area contributed by atoms with E-state index in [1.54, 1.807) is 0 Å². The van der Waals surface area contributed by atoms with Crippen molar-refractivity contribution in [3.8, 4) is 0 Å². The number of nitrogens with zero attached hydrogens (tertiary/aromatic N) is 2. The molecule has 0 saturated heterocycles. The van der Waals surface area contributed by atoms with Crippen molar-refractivity contribution in [1.82, 2.24) is 9.97 Å². The molecule has 3 nitrogen and oxygen atoms in total. The summed E-state index contributed by atoms with van der Waals surface area (Å²) >= 11 is 1.94. The minimum Gasteiger partial charge on any atom is -0.380 e. The second-order valence-corrected chi connectivity index (χ2v) is 6.12. The maximum atomic E-state index is 4.80. The molecule has 0 fully saturated rings.